The van der Waals surface area contributed by atoms with Crippen LogP contribution >= 0.6 is 23.2 Å². The molecule has 0 amide bonds. The molecule has 5 heteroatoms. The van der Waals surface area contributed by atoms with Gasteiger partial charge >= 0.3 is 6.18 Å². The summed E-state index contributed by atoms with van der Waals surface area (Å²) in [5, 5.41) is 0.541. The maximum Gasteiger partial charge on any atom is 0.417 e. The first kappa shape index (κ1) is 14.2. The standard InChI is InChI=1S/C14H9Cl2F3/c1-8-2-4-10(11(6-8)14(17,18)19)9-3-5-12(15)13(16)7-9/h2-7H,1H3. The van der Waals surface area contributed by atoms with Gasteiger partial charge in [-0.2, -0.15) is 13.2 Å². The summed E-state index contributed by atoms with van der Waals surface area (Å²) >= 11 is 11.6. The first-order valence-electron chi connectivity index (χ1n) is 5.42. The Morgan fingerprint density at radius 3 is 2.16 bits per heavy atom. The minimum atomic E-state index is -4.41. The highest BCUT2D eigenvalue weighted by atomic mass is 35.5. The van der Waals surface area contributed by atoms with Crippen molar-refractivity contribution in [3.63, 3.8) is 0 Å². The van der Waals surface area contributed by atoms with Gasteiger partial charge in [0.2, 0.25) is 0 Å². The smallest absolute Gasteiger partial charge is 0.166 e. The predicted octanol–water partition coefficient (Wildman–Crippen LogP) is 5.99. The molecular formula is C14H9Cl2F3. The van der Waals surface area contributed by atoms with Crippen LogP contribution in [-0.2, 0) is 6.18 Å². The summed E-state index contributed by atoms with van der Waals surface area (Å²) in [5.74, 6) is 0. The molecule has 100 valence electrons. The van der Waals surface area contributed by atoms with E-state index < -0.39 is 11.7 Å². The van der Waals surface area contributed by atoms with Crippen molar-refractivity contribution in [2.24, 2.45) is 0 Å². The van der Waals surface area contributed by atoms with Crippen LogP contribution in [-0.4, -0.2) is 0 Å². The molecule has 0 spiro atoms. The highest BCUT2D eigenvalue weighted by Gasteiger charge is 2.33. The number of rotatable bonds is 1. The quantitative estimate of drug-likeness (QED) is 0.607. The molecular weight excluding hydrogens is 296 g/mol. The van der Waals surface area contributed by atoms with E-state index in [4.69, 9.17) is 23.2 Å². The second kappa shape index (κ2) is 5.06. The van der Waals surface area contributed by atoms with Gasteiger partial charge in [0.1, 0.15) is 0 Å². The lowest BCUT2D eigenvalue weighted by Gasteiger charge is -2.14. The molecule has 0 radical (unpaired) electrons. The van der Waals surface area contributed by atoms with Crippen LogP contribution in [0.25, 0.3) is 11.1 Å². The summed E-state index contributed by atoms with van der Waals surface area (Å²) in [4.78, 5) is 0. The van der Waals surface area contributed by atoms with Crippen molar-refractivity contribution < 1.29 is 13.2 Å². The minimum Gasteiger partial charge on any atom is -0.166 e. The first-order valence-corrected chi connectivity index (χ1v) is 6.18. The Morgan fingerprint density at radius 2 is 1.58 bits per heavy atom. The van der Waals surface area contributed by atoms with Crippen LogP contribution in [0.5, 0.6) is 0 Å². The third-order valence-electron chi connectivity index (χ3n) is 2.71. The Bertz CT molecular complexity index is 619. The van der Waals surface area contributed by atoms with Crippen molar-refractivity contribution in [3.8, 4) is 11.1 Å². The largest absolute Gasteiger partial charge is 0.417 e. The van der Waals surface area contributed by atoms with E-state index in [1.54, 1.807) is 13.0 Å². The highest BCUT2D eigenvalue weighted by Crippen LogP contribution is 2.39. The Balaban J connectivity index is 2.65. The predicted molar refractivity (Wildman–Crippen MR) is 71.6 cm³/mol. The zero-order chi connectivity index (χ0) is 14.2. The summed E-state index contributed by atoms with van der Waals surface area (Å²) in [6.07, 6.45) is -4.41. The fourth-order valence-electron chi connectivity index (χ4n) is 1.81. The molecule has 0 aliphatic heterocycles. The maximum atomic E-state index is 13.0. The van der Waals surface area contributed by atoms with Crippen molar-refractivity contribution in [2.75, 3.05) is 0 Å². The molecule has 0 nitrogen and oxygen atoms in total. The topological polar surface area (TPSA) is 0 Å². The zero-order valence-corrected chi connectivity index (χ0v) is 11.4. The van der Waals surface area contributed by atoms with Gasteiger partial charge in [-0.1, -0.05) is 47.0 Å². The van der Waals surface area contributed by atoms with Crippen molar-refractivity contribution in [3.05, 3.63) is 57.6 Å². The van der Waals surface area contributed by atoms with Gasteiger partial charge in [0.05, 0.1) is 15.6 Å². The van der Waals surface area contributed by atoms with Crippen molar-refractivity contribution in [1.29, 1.82) is 0 Å². The summed E-state index contributed by atoms with van der Waals surface area (Å²) in [5.41, 5.74) is 0.361. The Morgan fingerprint density at radius 1 is 0.895 bits per heavy atom. The third-order valence-corrected chi connectivity index (χ3v) is 3.45. The van der Waals surface area contributed by atoms with Gasteiger partial charge in [-0.05, 0) is 36.2 Å². The molecule has 0 saturated heterocycles. The monoisotopic (exact) mass is 304 g/mol. The molecule has 0 unspecified atom stereocenters. The van der Waals surface area contributed by atoms with E-state index >= 15 is 0 Å². The summed E-state index contributed by atoms with van der Waals surface area (Å²) in [6.45, 7) is 1.62. The highest BCUT2D eigenvalue weighted by molar-refractivity contribution is 6.42. The Labute approximate surface area is 118 Å². The number of aryl methyl sites for hydroxylation is 1. The number of alkyl halides is 3. The van der Waals surface area contributed by atoms with E-state index in [1.807, 2.05) is 0 Å². The zero-order valence-electron chi connectivity index (χ0n) is 9.85. The molecule has 0 aromatic heterocycles. The van der Waals surface area contributed by atoms with Gasteiger partial charge < -0.3 is 0 Å². The second-order valence-electron chi connectivity index (χ2n) is 4.18. The van der Waals surface area contributed by atoms with Crippen LogP contribution in [0.4, 0.5) is 13.2 Å². The molecule has 0 heterocycles. The summed E-state index contributed by atoms with van der Waals surface area (Å²) in [6, 6.07) is 8.64. The molecule has 0 N–H and O–H groups in total. The van der Waals surface area contributed by atoms with E-state index in [0.717, 1.165) is 6.07 Å². The number of benzene rings is 2. The van der Waals surface area contributed by atoms with Gasteiger partial charge in [0.15, 0.2) is 0 Å². The lowest BCUT2D eigenvalue weighted by molar-refractivity contribution is -0.137. The molecule has 0 aliphatic carbocycles. The third kappa shape index (κ3) is 3.04. The summed E-state index contributed by atoms with van der Waals surface area (Å²) < 4.78 is 39.1. The lowest BCUT2D eigenvalue weighted by Crippen LogP contribution is -2.07. The molecule has 0 fully saturated rings. The minimum absolute atomic E-state index is 0.0941. The lowest BCUT2D eigenvalue weighted by atomic mass is 9.97. The molecule has 0 saturated carbocycles. The van der Waals surface area contributed by atoms with E-state index in [1.165, 1.54) is 24.3 Å². The SMILES string of the molecule is Cc1ccc(-c2ccc(Cl)c(Cl)c2)c(C(F)(F)F)c1. The van der Waals surface area contributed by atoms with Crippen LogP contribution in [0.3, 0.4) is 0 Å². The van der Waals surface area contributed by atoms with Gasteiger partial charge in [-0.25, -0.2) is 0 Å². The van der Waals surface area contributed by atoms with Crippen molar-refractivity contribution >= 4 is 23.2 Å². The molecule has 19 heavy (non-hydrogen) atoms. The van der Waals surface area contributed by atoms with Crippen LogP contribution in [0, 0.1) is 6.92 Å². The maximum absolute atomic E-state index is 13.0. The Hall–Kier alpha value is -1.19. The van der Waals surface area contributed by atoms with Crippen LogP contribution in [0.1, 0.15) is 11.1 Å². The normalized spacial score (nSPS) is 11.7. The first-order chi connectivity index (χ1) is 8.79. The summed E-state index contributed by atoms with van der Waals surface area (Å²) in [7, 11) is 0. The van der Waals surface area contributed by atoms with E-state index in [9.17, 15) is 13.2 Å². The molecule has 2 aromatic rings. The van der Waals surface area contributed by atoms with E-state index in [-0.39, 0.29) is 10.6 Å². The number of hydrogen-bond acceptors (Lipinski definition) is 0. The molecule has 0 aliphatic rings. The number of halogens is 5. The fourth-order valence-corrected chi connectivity index (χ4v) is 2.11. The van der Waals surface area contributed by atoms with Crippen molar-refractivity contribution in [2.45, 2.75) is 13.1 Å². The van der Waals surface area contributed by atoms with Crippen LogP contribution in [0.2, 0.25) is 10.0 Å². The van der Waals surface area contributed by atoms with Crippen molar-refractivity contribution in [1.82, 2.24) is 0 Å². The van der Waals surface area contributed by atoms with E-state index in [2.05, 4.69) is 0 Å². The fraction of sp³-hybridized carbons (Fsp3) is 0.143. The van der Waals surface area contributed by atoms with Crippen LogP contribution < -0.4 is 0 Å². The second-order valence-corrected chi connectivity index (χ2v) is 4.99. The average molecular weight is 305 g/mol. The number of hydrogen-bond donors (Lipinski definition) is 0. The van der Waals surface area contributed by atoms with E-state index in [0.29, 0.717) is 16.1 Å². The molecule has 0 bridgehead atoms. The van der Waals surface area contributed by atoms with Gasteiger partial charge in [-0.15, -0.1) is 0 Å². The average Bonchev–Trinajstić information content (AvgIpc) is 2.32. The van der Waals surface area contributed by atoms with Gasteiger partial charge in [0, 0.05) is 0 Å². The molecule has 0 atom stereocenters. The Kier molecular flexibility index (Phi) is 3.79. The van der Waals surface area contributed by atoms with Gasteiger partial charge in [-0.3, -0.25) is 0 Å². The molecule has 2 aromatic carbocycles. The van der Waals surface area contributed by atoms with Crippen LogP contribution in [0.15, 0.2) is 36.4 Å². The van der Waals surface area contributed by atoms with Gasteiger partial charge in [0.25, 0.3) is 0 Å². The molecule has 2 rings (SSSR count).